The zero-order valence-electron chi connectivity index (χ0n) is 7.23. The smallest absolute Gasteiger partial charge is 0.303 e. The van der Waals surface area contributed by atoms with Crippen molar-refractivity contribution in [1.82, 2.24) is 0 Å². The largest absolute Gasteiger partial charge is 0.466 e. The summed E-state index contributed by atoms with van der Waals surface area (Å²) in [7, 11) is -4.64. The maximum atomic E-state index is 8.88. The molecule has 0 aromatic rings. The molecule has 0 unspecified atom stereocenters. The van der Waals surface area contributed by atoms with Crippen molar-refractivity contribution in [3.63, 3.8) is 0 Å². The molecule has 0 bridgehead atoms. The van der Waals surface area contributed by atoms with E-state index in [1.165, 1.54) is 66.5 Å². The van der Waals surface area contributed by atoms with Crippen LogP contribution in [0.1, 0.15) is 32.6 Å². The Bertz CT molecular complexity index is 112. The molecule has 0 heterocycles. The Hall–Kier alpha value is 1.46. The molecule has 6 heteroatoms. The molecule has 0 aromatic carbocycles. The number of phosphoric acid groups is 1. The van der Waals surface area contributed by atoms with E-state index < -0.39 is 7.82 Å². The van der Waals surface area contributed by atoms with Crippen molar-refractivity contribution >= 4 is 7.82 Å². The molecule has 0 radical (unpaired) electrons. The molecule has 4 nitrogen and oxygen atoms in total. The van der Waals surface area contributed by atoms with E-state index in [1.54, 1.807) is 0 Å². The van der Waals surface area contributed by atoms with Gasteiger partial charge in [0.05, 0.1) is 0 Å². The van der Waals surface area contributed by atoms with E-state index in [2.05, 4.69) is 6.92 Å². The molecule has 0 spiro atoms. The van der Waals surface area contributed by atoms with Crippen LogP contribution in [-0.4, -0.2) is 14.7 Å². The van der Waals surface area contributed by atoms with E-state index in [0.717, 1.165) is 0 Å². The quantitative estimate of drug-likeness (QED) is 0.541. The van der Waals surface area contributed by atoms with Crippen LogP contribution in [0.15, 0.2) is 0 Å². The third-order valence-electron chi connectivity index (χ3n) is 1.03. The first-order valence-electron chi connectivity index (χ1n) is 3.84. The van der Waals surface area contributed by atoms with Gasteiger partial charge in [-0.25, -0.2) is 4.57 Å². The van der Waals surface area contributed by atoms with Gasteiger partial charge in [0.2, 0.25) is 0 Å². The molecule has 0 saturated carbocycles. The Morgan fingerprint density at radius 1 is 1.17 bits per heavy atom. The van der Waals surface area contributed by atoms with Crippen LogP contribution < -0.4 is 0 Å². The summed E-state index contributed by atoms with van der Waals surface area (Å²) >= 11 is 1.41. The topological polar surface area (TPSA) is 77.8 Å². The van der Waals surface area contributed by atoms with Crippen molar-refractivity contribution in [1.29, 1.82) is 0 Å². The molecule has 0 rings (SSSR count). The van der Waals surface area contributed by atoms with E-state index in [9.17, 15) is 0 Å². The molecule has 0 aliphatic rings. The van der Waals surface area contributed by atoms with Crippen LogP contribution in [0.4, 0.5) is 0 Å². The minimum absolute atomic E-state index is 1.38. The molecule has 0 aliphatic heterocycles. The van der Waals surface area contributed by atoms with Gasteiger partial charge in [0.15, 0.2) is 0 Å². The third kappa shape index (κ3) is 42.1. The zero-order valence-corrected chi connectivity index (χ0v) is 11.3. The second kappa shape index (κ2) is 10.5. The SMILES string of the molecule is CCCCC[CH2][Nd].O=P(O)(O)O. The first-order valence-corrected chi connectivity index (χ1v) is 7.68. The monoisotopic (exact) mass is 325 g/mol. The van der Waals surface area contributed by atoms with Gasteiger partial charge in [-0.1, -0.05) is 0 Å². The summed E-state index contributed by atoms with van der Waals surface area (Å²) in [6.45, 7) is 2.26. The van der Waals surface area contributed by atoms with Crippen LogP contribution in [-0.2, 0) is 4.57 Å². The molecule has 3 N–H and O–H groups in total. The summed E-state index contributed by atoms with van der Waals surface area (Å²) in [4.78, 5) is 21.6. The van der Waals surface area contributed by atoms with E-state index in [0.29, 0.717) is 0 Å². The second-order valence-electron chi connectivity index (χ2n) is 2.32. The zero-order chi connectivity index (χ0) is 10.0. The van der Waals surface area contributed by atoms with Crippen LogP contribution >= 0.6 is 7.82 Å². The number of hydrogen-bond acceptors (Lipinski definition) is 1. The summed E-state index contributed by atoms with van der Waals surface area (Å²) < 4.78 is 10.4. The van der Waals surface area contributed by atoms with Gasteiger partial charge in [0.25, 0.3) is 0 Å². The summed E-state index contributed by atoms with van der Waals surface area (Å²) in [5, 5.41) is 0. The molecule has 73 valence electrons. The second-order valence-corrected chi connectivity index (χ2v) is 4.95. The van der Waals surface area contributed by atoms with Crippen LogP contribution in [0.3, 0.4) is 0 Å². The van der Waals surface area contributed by atoms with Gasteiger partial charge >= 0.3 is 81.3 Å². The van der Waals surface area contributed by atoms with Gasteiger partial charge < -0.3 is 14.7 Å². The number of hydrogen-bond donors (Lipinski definition) is 3. The van der Waals surface area contributed by atoms with Crippen molar-refractivity contribution in [2.24, 2.45) is 0 Å². The summed E-state index contributed by atoms with van der Waals surface area (Å²) in [5.74, 6) is 0. The van der Waals surface area contributed by atoms with Crippen LogP contribution in [0, 0.1) is 38.8 Å². The average Bonchev–Trinajstić information content (AvgIpc) is 1.85. The molecule has 12 heavy (non-hydrogen) atoms. The van der Waals surface area contributed by atoms with Gasteiger partial charge in [-0.15, -0.1) is 0 Å². The minimum Gasteiger partial charge on any atom is -0.303 e. The molecular formula is C6H16NdO4P. The van der Waals surface area contributed by atoms with Crippen molar-refractivity contribution in [2.45, 2.75) is 34.7 Å². The predicted molar refractivity (Wildman–Crippen MR) is 43.2 cm³/mol. The van der Waals surface area contributed by atoms with Gasteiger partial charge in [0, 0.05) is 0 Å². The summed E-state index contributed by atoms with van der Waals surface area (Å²) in [6, 6.07) is 0. The molecule has 0 aromatic heterocycles. The van der Waals surface area contributed by atoms with E-state index in [1.807, 2.05) is 0 Å². The molecule has 0 fully saturated rings. The Kier molecular flexibility index (Phi) is 14.0. The maximum absolute atomic E-state index is 8.88. The van der Waals surface area contributed by atoms with Gasteiger partial charge in [-0.2, -0.15) is 0 Å². The van der Waals surface area contributed by atoms with Gasteiger partial charge in [0.1, 0.15) is 0 Å². The first kappa shape index (κ1) is 15.9. The van der Waals surface area contributed by atoms with E-state index in [4.69, 9.17) is 19.2 Å². The van der Waals surface area contributed by atoms with Gasteiger partial charge in [-0.3, -0.25) is 0 Å². The first-order chi connectivity index (χ1) is 5.41. The van der Waals surface area contributed by atoms with Gasteiger partial charge in [-0.05, 0) is 0 Å². The maximum Gasteiger partial charge on any atom is 0.466 e. The minimum atomic E-state index is -4.64. The van der Waals surface area contributed by atoms with Crippen molar-refractivity contribution in [3.8, 4) is 0 Å². The molecule has 0 saturated heterocycles. The Balaban J connectivity index is 0. The molecule has 0 amide bonds. The van der Waals surface area contributed by atoms with Crippen molar-refractivity contribution in [2.75, 3.05) is 0 Å². The standard InChI is InChI=1S/C6H13.Nd.H3O4P/c1-3-5-6-4-2;;1-5(2,3)4/h1,3-6H2,2H3;;(H3,1,2,3,4). The Labute approximate surface area is 99.6 Å². The number of unbranched alkanes of at least 4 members (excludes halogenated alkanes) is 3. The van der Waals surface area contributed by atoms with E-state index >= 15 is 0 Å². The predicted octanol–water partition coefficient (Wildman–Crippen LogP) is 1.61. The molecule has 0 atom stereocenters. The summed E-state index contributed by atoms with van der Waals surface area (Å²) in [6.07, 6.45) is 5.78. The van der Waals surface area contributed by atoms with Crippen LogP contribution in [0.2, 0.25) is 2.07 Å². The fourth-order valence-electron chi connectivity index (χ4n) is 0.552. The normalized spacial score (nSPS) is 10.2. The van der Waals surface area contributed by atoms with Crippen molar-refractivity contribution < 1.29 is 58.0 Å². The van der Waals surface area contributed by atoms with Crippen LogP contribution in [0.25, 0.3) is 0 Å². The van der Waals surface area contributed by atoms with E-state index in [-0.39, 0.29) is 0 Å². The molecular weight excluding hydrogens is 311 g/mol. The fourth-order valence-corrected chi connectivity index (χ4v) is 1.35. The third-order valence-corrected chi connectivity index (χ3v) is 2.16. The molecule has 0 aliphatic carbocycles. The Morgan fingerprint density at radius 3 is 1.83 bits per heavy atom. The fraction of sp³-hybridized carbons (Fsp3) is 1.00. The van der Waals surface area contributed by atoms with Crippen LogP contribution in [0.5, 0.6) is 0 Å². The van der Waals surface area contributed by atoms with Crippen molar-refractivity contribution in [3.05, 3.63) is 0 Å². The summed E-state index contributed by atoms with van der Waals surface area (Å²) in [5.41, 5.74) is 0. The average molecular weight is 327 g/mol. The Morgan fingerprint density at radius 2 is 1.58 bits per heavy atom. The number of rotatable bonds is 4.